The van der Waals surface area contributed by atoms with Crippen LogP contribution in [-0.4, -0.2) is 203 Å². The number of likely N-dealkylation sites (tertiary alicyclic amines) is 2. The molecular weight excluding hydrogens is 1260 g/mol. The second-order valence-corrected chi connectivity index (χ2v) is 27.6. The summed E-state index contributed by atoms with van der Waals surface area (Å²) in [5, 5.41) is 45.6. The van der Waals surface area contributed by atoms with Gasteiger partial charge in [0.25, 0.3) is 0 Å². The molecule has 2 fully saturated rings. The number of esters is 1. The van der Waals surface area contributed by atoms with Crippen molar-refractivity contribution < 1.29 is 67.3 Å². The van der Waals surface area contributed by atoms with Crippen LogP contribution in [0.5, 0.6) is 0 Å². The quantitative estimate of drug-likeness (QED) is 0.0570. The number of carbonyl (C=O) groups excluding carboxylic acids is 9. The van der Waals surface area contributed by atoms with Gasteiger partial charge in [-0.3, -0.25) is 43.0 Å². The Hall–Kier alpha value is -9.18. The molecule has 8 rings (SSSR count). The lowest BCUT2D eigenvalue weighted by Crippen LogP contribution is -2.62. The van der Waals surface area contributed by atoms with Crippen LogP contribution in [0.2, 0.25) is 0 Å². The van der Waals surface area contributed by atoms with E-state index in [0.29, 0.717) is 11.1 Å². The number of allylic oxidation sites excluding steroid dienone is 1. The highest BCUT2D eigenvalue weighted by Gasteiger charge is 2.50. The Kier molecular flexibility index (Phi) is 25.4. The van der Waals surface area contributed by atoms with Crippen molar-refractivity contribution in [3.8, 4) is 0 Å². The summed E-state index contributed by atoms with van der Waals surface area (Å²) in [7, 11) is 4.39. The van der Waals surface area contributed by atoms with Gasteiger partial charge in [-0.1, -0.05) is 144 Å². The highest BCUT2D eigenvalue weighted by atomic mass is 16.5. The molecule has 4 aromatic carbocycles. The van der Waals surface area contributed by atoms with Crippen LogP contribution in [-0.2, 0) is 88.1 Å². The van der Waals surface area contributed by atoms with Gasteiger partial charge in [-0.2, -0.15) is 0 Å². The molecule has 0 aliphatic carbocycles. The zero-order valence-electron chi connectivity index (χ0n) is 57.7. The predicted octanol–water partition coefficient (Wildman–Crippen LogP) is 2.76. The molecule has 5 aromatic rings. The second-order valence-electron chi connectivity index (χ2n) is 27.6. The van der Waals surface area contributed by atoms with E-state index >= 15 is 19.2 Å². The number of methoxy groups -OCH3 is 1. The number of aliphatic carboxylic acids is 1. The summed E-state index contributed by atoms with van der Waals surface area (Å²) in [6, 6.07) is 14.3. The number of benzene rings is 4. The molecule has 0 saturated carbocycles. The third-order valence-electron chi connectivity index (χ3n) is 18.3. The molecule has 12 atom stereocenters. The van der Waals surface area contributed by atoms with Crippen LogP contribution in [0.25, 0.3) is 21.5 Å². The Balaban J connectivity index is 1.16. The number of hydrogen-bond acceptors (Lipinski definition) is 17. The molecule has 528 valence electrons. The maximum Gasteiger partial charge on any atom is 0.328 e. The summed E-state index contributed by atoms with van der Waals surface area (Å²) < 4.78 is 19.6. The van der Waals surface area contributed by atoms with Crippen LogP contribution < -0.4 is 42.5 Å². The van der Waals surface area contributed by atoms with Crippen molar-refractivity contribution in [2.75, 3.05) is 40.9 Å². The van der Waals surface area contributed by atoms with Gasteiger partial charge in [0, 0.05) is 32.5 Å². The molecule has 2 bridgehead atoms. The lowest BCUT2D eigenvalue weighted by atomic mass is 9.85. The highest BCUT2D eigenvalue weighted by Crippen LogP contribution is 2.31. The molecule has 98 heavy (non-hydrogen) atoms. The average molecular weight is 1350 g/mol. The van der Waals surface area contributed by atoms with Crippen LogP contribution in [0, 0.1) is 10.8 Å². The van der Waals surface area contributed by atoms with Gasteiger partial charge in [-0.25, -0.2) is 9.59 Å². The number of carboxylic acids is 1. The molecule has 27 heteroatoms. The van der Waals surface area contributed by atoms with Gasteiger partial charge in [0.15, 0.2) is 0 Å². The van der Waals surface area contributed by atoms with Gasteiger partial charge in [0.05, 0.1) is 50.8 Å². The molecule has 0 spiro atoms. The number of ether oxygens (including phenoxy) is 3. The third-order valence-corrected chi connectivity index (χ3v) is 18.3. The van der Waals surface area contributed by atoms with Crippen molar-refractivity contribution in [1.29, 1.82) is 0 Å². The fraction of sp³-hybridized carbons (Fsp3) is 0.521. The summed E-state index contributed by atoms with van der Waals surface area (Å²) in [6.45, 7) is 13.6. The molecule has 8 amide bonds. The SMILES string of the molecule is CN[C@@H](C)C(=O)N[C@H](C(=O)N1CCC2OC/C=C/CC[C@@H](C(=O)O)NC(=O)[C@H](Cc3ccc4ccccc4c3)NC(=O)[C@@H]3[C@@H](CCN3C(=O)[C@@H](NC(=O)[C@H](C)NC)C(C)(C)C)OCc3cn(nn3)CC[C@@H](C(=O)OC)NC(=O)[C@H](Cc3ccc4ccccc4c3)NC(=O)C21)C(C)(C)C. The normalized spacial score (nSPS) is 23.7. The molecular formula is C71H95N13O14. The minimum atomic E-state index is -1.48. The third kappa shape index (κ3) is 19.1. The second kappa shape index (κ2) is 33.4. The maximum atomic E-state index is 15.3. The minimum Gasteiger partial charge on any atom is -0.480 e. The van der Waals surface area contributed by atoms with E-state index in [1.165, 1.54) is 21.6 Å². The fourth-order valence-corrected chi connectivity index (χ4v) is 12.3. The summed E-state index contributed by atoms with van der Waals surface area (Å²) >= 11 is 0. The van der Waals surface area contributed by atoms with Gasteiger partial charge >= 0.3 is 11.9 Å². The largest absolute Gasteiger partial charge is 0.480 e. The number of aryl methyl sites for hydroxylation is 1. The van der Waals surface area contributed by atoms with Crippen molar-refractivity contribution in [1.82, 2.24) is 67.3 Å². The van der Waals surface area contributed by atoms with E-state index in [4.69, 9.17) is 14.2 Å². The number of amides is 8. The predicted molar refractivity (Wildman–Crippen MR) is 364 cm³/mol. The number of likely N-dealkylation sites (N-methyl/N-ethyl adjacent to an activating group) is 2. The molecule has 3 aliphatic rings. The number of nitrogens with zero attached hydrogens (tertiary/aromatic N) is 5. The molecule has 3 aliphatic heterocycles. The lowest BCUT2D eigenvalue weighted by molar-refractivity contribution is -0.147. The Morgan fingerprint density at radius 2 is 1.07 bits per heavy atom. The lowest BCUT2D eigenvalue weighted by Gasteiger charge is -2.37. The molecule has 4 heterocycles. The Labute approximate surface area is 571 Å². The van der Waals surface area contributed by atoms with Crippen molar-refractivity contribution in [2.45, 2.75) is 186 Å². The molecule has 0 radical (unpaired) electrons. The van der Waals surface area contributed by atoms with E-state index < -0.39 is 143 Å². The maximum absolute atomic E-state index is 15.3. The average Bonchev–Trinajstić information content (AvgIpc) is 1.64. The van der Waals surface area contributed by atoms with E-state index in [2.05, 4.69) is 52.8 Å². The fourth-order valence-electron chi connectivity index (χ4n) is 12.3. The van der Waals surface area contributed by atoms with Crippen LogP contribution >= 0.6 is 0 Å². The number of fused-ring (bicyclic) bond motifs is 6. The van der Waals surface area contributed by atoms with Crippen molar-refractivity contribution in [3.05, 3.63) is 120 Å². The van der Waals surface area contributed by atoms with E-state index in [0.717, 1.165) is 21.5 Å². The zero-order chi connectivity index (χ0) is 71.2. The number of nitrogens with one attached hydrogen (secondary N) is 8. The molecule has 2 saturated heterocycles. The molecule has 27 nitrogen and oxygen atoms in total. The van der Waals surface area contributed by atoms with Crippen molar-refractivity contribution in [3.63, 3.8) is 0 Å². The molecule has 2 unspecified atom stereocenters. The van der Waals surface area contributed by atoms with Crippen LogP contribution in [0.15, 0.2) is 103 Å². The first-order valence-electron chi connectivity index (χ1n) is 33.4. The number of hydrogen-bond donors (Lipinski definition) is 9. The van der Waals surface area contributed by atoms with Crippen LogP contribution in [0.3, 0.4) is 0 Å². The highest BCUT2D eigenvalue weighted by molar-refractivity contribution is 5.99. The monoisotopic (exact) mass is 1350 g/mol. The summed E-state index contributed by atoms with van der Waals surface area (Å²) in [4.78, 5) is 147. The van der Waals surface area contributed by atoms with Gasteiger partial charge in [0.2, 0.25) is 47.3 Å². The summed E-state index contributed by atoms with van der Waals surface area (Å²) in [5.74, 6) is -7.41. The number of aromatic nitrogens is 3. The number of carbonyl (C=O) groups is 10. The van der Waals surface area contributed by atoms with E-state index in [9.17, 15) is 33.9 Å². The number of rotatable bonds is 14. The minimum absolute atomic E-state index is 0.00521. The van der Waals surface area contributed by atoms with E-state index in [-0.39, 0.29) is 83.5 Å². The number of carboxylic acid groups (broad SMARTS) is 1. The van der Waals surface area contributed by atoms with E-state index in [1.54, 1.807) is 93.9 Å². The first-order valence-corrected chi connectivity index (χ1v) is 33.4. The Morgan fingerprint density at radius 1 is 0.602 bits per heavy atom. The Bertz CT molecular complexity index is 3730. The summed E-state index contributed by atoms with van der Waals surface area (Å²) in [6.07, 6.45) is 2.70. The first-order chi connectivity index (χ1) is 46.6. The van der Waals surface area contributed by atoms with Gasteiger partial charge < -0.3 is 71.7 Å². The topological polar surface area (TPSA) is 352 Å². The first kappa shape index (κ1) is 74.6. The van der Waals surface area contributed by atoms with Crippen molar-refractivity contribution in [2.24, 2.45) is 10.8 Å². The summed E-state index contributed by atoms with van der Waals surface area (Å²) in [5.41, 5.74) is -0.204. The van der Waals surface area contributed by atoms with E-state index in [1.807, 2.05) is 78.9 Å². The molecule has 1 aromatic heterocycles. The molecule has 9 N–H and O–H groups in total. The van der Waals surface area contributed by atoms with Crippen molar-refractivity contribution >= 4 is 80.7 Å². The van der Waals surface area contributed by atoms with Gasteiger partial charge in [-0.15, -0.1) is 5.10 Å². The smallest absolute Gasteiger partial charge is 0.328 e. The Morgan fingerprint density at radius 3 is 1.53 bits per heavy atom. The van der Waals surface area contributed by atoms with Gasteiger partial charge in [-0.05, 0) is 104 Å². The van der Waals surface area contributed by atoms with Gasteiger partial charge in [0.1, 0.15) is 54.0 Å². The van der Waals surface area contributed by atoms with Crippen LogP contribution in [0.1, 0.15) is 104 Å². The standard InChI is InChI=1S/C71H95N13O14/c1-41(72-9)60(85)78-58(70(3,4)5)66(91)83-32-29-54-56(83)64(89)77-53(38-44-25-27-46-20-15-17-22-48(46)36-44)63(88)75-51(69(95)96-11)28-31-82-39-49(80-81-82)40-98-55-30-33-84(67(92)59(71(6,7)8)79-61(86)42(2)73-10)57(55)65(90)76-52(37-43-24-26-45-19-14-16-21-47(45)35-43)62(87)74-50(68(93)94)23-13-12-18-34-97-54/h12,14-22,24-27,35-36,39,41-42,50-59,72-73H,13,23,28-34,37-38,40H2,1-11H3,(H,74,87)(H,75,88)(H,76,90)(H,77,89)(H,78,85)(H,79,86)(H,93,94)/b18-12+/t41-,42-,50-,51-,52-,53-,54?,55+,56?,57-,58+,59+/m0/s1. The zero-order valence-corrected chi connectivity index (χ0v) is 57.7. The van der Waals surface area contributed by atoms with Crippen LogP contribution in [0.4, 0.5) is 0 Å².